The topological polar surface area (TPSA) is 69.8 Å². The van der Waals surface area contributed by atoms with Gasteiger partial charge < -0.3 is 20.2 Å². The van der Waals surface area contributed by atoms with E-state index in [1.807, 2.05) is 30.3 Å². The Hall–Kier alpha value is -2.01. The number of guanidine groups is 1. The molecule has 0 bridgehead atoms. The molecule has 0 aliphatic rings. The van der Waals surface area contributed by atoms with E-state index in [1.165, 1.54) is 0 Å². The van der Waals surface area contributed by atoms with E-state index >= 15 is 0 Å². The number of fused-ring (bicyclic) bond motifs is 1. The number of para-hydroxylation sites is 1. The zero-order valence-corrected chi connectivity index (χ0v) is 15.6. The van der Waals surface area contributed by atoms with E-state index in [0.717, 1.165) is 55.0 Å². The lowest BCUT2D eigenvalue weighted by Crippen LogP contribution is -2.43. The van der Waals surface area contributed by atoms with Crippen LogP contribution in [0.15, 0.2) is 39.7 Å². The molecule has 1 heterocycles. The van der Waals surface area contributed by atoms with E-state index in [-0.39, 0.29) is 12.0 Å². The Morgan fingerprint density at radius 2 is 1.92 bits per heavy atom. The highest BCUT2D eigenvalue weighted by atomic mass is 16.3. The van der Waals surface area contributed by atoms with Gasteiger partial charge in [0, 0.05) is 25.1 Å². The Morgan fingerprint density at radius 3 is 2.56 bits per heavy atom. The fourth-order valence-electron chi connectivity index (χ4n) is 3.06. The molecule has 0 spiro atoms. The number of hydrogen-bond donors (Lipinski definition) is 3. The summed E-state index contributed by atoms with van der Waals surface area (Å²) in [6.07, 6.45) is 2.86. The summed E-state index contributed by atoms with van der Waals surface area (Å²) < 4.78 is 5.83. The fraction of sp³-hybridized carbons (Fsp3) is 0.550. The minimum atomic E-state index is 0.101. The first kappa shape index (κ1) is 19.3. The van der Waals surface area contributed by atoms with Gasteiger partial charge in [-0.3, -0.25) is 0 Å². The fourth-order valence-corrected chi connectivity index (χ4v) is 3.06. The molecule has 2 rings (SSSR count). The SMILES string of the molecule is CCNC(=NCc1cc2ccccc2o1)NCC(CC)(CC)CCO. The van der Waals surface area contributed by atoms with Crippen LogP contribution in [0.5, 0.6) is 0 Å². The molecule has 25 heavy (non-hydrogen) atoms. The van der Waals surface area contributed by atoms with Crippen LogP contribution in [0.3, 0.4) is 0 Å². The van der Waals surface area contributed by atoms with E-state index < -0.39 is 0 Å². The molecule has 1 aromatic heterocycles. The molecule has 0 saturated heterocycles. The highest BCUT2D eigenvalue weighted by molar-refractivity contribution is 5.80. The van der Waals surface area contributed by atoms with E-state index in [1.54, 1.807) is 0 Å². The molecule has 3 N–H and O–H groups in total. The lowest BCUT2D eigenvalue weighted by Gasteiger charge is -2.32. The van der Waals surface area contributed by atoms with Crippen molar-refractivity contribution in [2.45, 2.75) is 46.6 Å². The summed E-state index contributed by atoms with van der Waals surface area (Å²) in [4.78, 5) is 4.65. The third-order valence-corrected chi connectivity index (χ3v) is 4.99. The van der Waals surface area contributed by atoms with Crippen LogP contribution in [0.4, 0.5) is 0 Å². The largest absolute Gasteiger partial charge is 0.459 e. The second kappa shape index (κ2) is 9.47. The second-order valence-electron chi connectivity index (χ2n) is 6.48. The predicted molar refractivity (Wildman–Crippen MR) is 104 cm³/mol. The van der Waals surface area contributed by atoms with Gasteiger partial charge in [-0.2, -0.15) is 0 Å². The monoisotopic (exact) mass is 345 g/mol. The maximum atomic E-state index is 9.37. The molecule has 0 atom stereocenters. The van der Waals surface area contributed by atoms with Gasteiger partial charge in [-0.25, -0.2) is 4.99 Å². The van der Waals surface area contributed by atoms with Gasteiger partial charge in [0.2, 0.25) is 0 Å². The van der Waals surface area contributed by atoms with Crippen LogP contribution in [-0.2, 0) is 6.54 Å². The first-order valence-corrected chi connectivity index (χ1v) is 9.27. The van der Waals surface area contributed by atoms with Gasteiger partial charge in [-0.05, 0) is 43.7 Å². The summed E-state index contributed by atoms with van der Waals surface area (Å²) in [5.41, 5.74) is 0.995. The van der Waals surface area contributed by atoms with Crippen molar-refractivity contribution in [1.29, 1.82) is 0 Å². The third kappa shape index (κ3) is 5.23. The van der Waals surface area contributed by atoms with Crippen molar-refractivity contribution in [1.82, 2.24) is 10.6 Å². The molecule has 0 aliphatic carbocycles. The van der Waals surface area contributed by atoms with Crippen LogP contribution in [-0.4, -0.2) is 30.8 Å². The highest BCUT2D eigenvalue weighted by Crippen LogP contribution is 2.29. The molecular weight excluding hydrogens is 314 g/mol. The molecule has 0 fully saturated rings. The van der Waals surface area contributed by atoms with Gasteiger partial charge in [0.1, 0.15) is 17.9 Å². The highest BCUT2D eigenvalue weighted by Gasteiger charge is 2.25. The Morgan fingerprint density at radius 1 is 1.16 bits per heavy atom. The number of nitrogens with one attached hydrogen (secondary N) is 2. The van der Waals surface area contributed by atoms with Crippen molar-refractivity contribution < 1.29 is 9.52 Å². The van der Waals surface area contributed by atoms with Gasteiger partial charge in [0.15, 0.2) is 5.96 Å². The maximum absolute atomic E-state index is 9.37. The first-order chi connectivity index (χ1) is 12.2. The van der Waals surface area contributed by atoms with Crippen molar-refractivity contribution in [3.63, 3.8) is 0 Å². The normalized spacial score (nSPS) is 12.6. The zero-order valence-electron chi connectivity index (χ0n) is 15.6. The number of aliphatic imine (C=N–C) groups is 1. The van der Waals surface area contributed by atoms with Crippen molar-refractivity contribution in [2.24, 2.45) is 10.4 Å². The summed E-state index contributed by atoms with van der Waals surface area (Å²) in [6.45, 7) is 8.73. The summed E-state index contributed by atoms with van der Waals surface area (Å²) in [5, 5.41) is 17.2. The maximum Gasteiger partial charge on any atom is 0.191 e. The minimum absolute atomic E-state index is 0.101. The molecule has 0 aliphatic heterocycles. The van der Waals surface area contributed by atoms with Gasteiger partial charge in [0.25, 0.3) is 0 Å². The number of aliphatic hydroxyl groups is 1. The Balaban J connectivity index is 2.04. The lowest BCUT2D eigenvalue weighted by molar-refractivity contribution is 0.169. The molecule has 5 nitrogen and oxygen atoms in total. The van der Waals surface area contributed by atoms with Crippen LogP contribution in [0.2, 0.25) is 0 Å². The van der Waals surface area contributed by atoms with E-state index in [0.29, 0.717) is 6.54 Å². The molecule has 1 aromatic carbocycles. The molecular formula is C20H31N3O2. The smallest absolute Gasteiger partial charge is 0.191 e. The second-order valence-corrected chi connectivity index (χ2v) is 6.48. The standard InChI is InChI=1S/C20H31N3O2/c1-4-20(5-2,11-12-24)15-23-19(21-6-3)22-14-17-13-16-9-7-8-10-18(16)25-17/h7-10,13,24H,4-6,11-12,14-15H2,1-3H3,(H2,21,22,23). The molecule has 0 amide bonds. The summed E-state index contributed by atoms with van der Waals surface area (Å²) in [7, 11) is 0. The summed E-state index contributed by atoms with van der Waals surface area (Å²) in [5.74, 6) is 1.64. The molecule has 0 saturated carbocycles. The average Bonchev–Trinajstić information content (AvgIpc) is 3.06. The molecule has 5 heteroatoms. The van der Waals surface area contributed by atoms with Gasteiger partial charge in [-0.1, -0.05) is 32.0 Å². The van der Waals surface area contributed by atoms with Crippen molar-refractivity contribution in [3.05, 3.63) is 36.1 Å². The van der Waals surface area contributed by atoms with Gasteiger partial charge >= 0.3 is 0 Å². The third-order valence-electron chi connectivity index (χ3n) is 4.99. The van der Waals surface area contributed by atoms with Crippen LogP contribution >= 0.6 is 0 Å². The quantitative estimate of drug-likeness (QED) is 0.479. The lowest BCUT2D eigenvalue weighted by atomic mass is 9.79. The Bertz CT molecular complexity index is 641. The molecule has 0 radical (unpaired) electrons. The minimum Gasteiger partial charge on any atom is -0.459 e. The molecule has 2 aromatic rings. The van der Waals surface area contributed by atoms with Crippen molar-refractivity contribution >= 4 is 16.9 Å². The molecule has 138 valence electrons. The number of furan rings is 1. The van der Waals surface area contributed by atoms with Crippen molar-refractivity contribution in [2.75, 3.05) is 19.7 Å². The predicted octanol–water partition coefficient (Wildman–Crippen LogP) is 3.68. The van der Waals surface area contributed by atoms with Gasteiger partial charge in [0.05, 0.1) is 0 Å². The van der Waals surface area contributed by atoms with Crippen LogP contribution in [0, 0.1) is 5.41 Å². The number of rotatable bonds is 9. The average molecular weight is 345 g/mol. The van der Waals surface area contributed by atoms with E-state index in [9.17, 15) is 5.11 Å². The zero-order chi connectivity index (χ0) is 18.1. The van der Waals surface area contributed by atoms with Crippen molar-refractivity contribution in [3.8, 4) is 0 Å². The van der Waals surface area contributed by atoms with Crippen LogP contribution < -0.4 is 10.6 Å². The Labute approximate surface area is 150 Å². The van der Waals surface area contributed by atoms with Gasteiger partial charge in [-0.15, -0.1) is 0 Å². The summed E-state index contributed by atoms with van der Waals surface area (Å²) >= 11 is 0. The van der Waals surface area contributed by atoms with E-state index in [2.05, 4.69) is 36.4 Å². The number of benzene rings is 1. The number of nitrogens with zero attached hydrogens (tertiary/aromatic N) is 1. The first-order valence-electron chi connectivity index (χ1n) is 9.27. The molecule has 0 unspecified atom stereocenters. The van der Waals surface area contributed by atoms with Crippen LogP contribution in [0.1, 0.15) is 45.8 Å². The van der Waals surface area contributed by atoms with E-state index in [4.69, 9.17) is 4.42 Å². The number of aliphatic hydroxyl groups excluding tert-OH is 1. The number of hydrogen-bond acceptors (Lipinski definition) is 3. The summed E-state index contributed by atoms with van der Waals surface area (Å²) in [6, 6.07) is 10.0. The van der Waals surface area contributed by atoms with Crippen LogP contribution in [0.25, 0.3) is 11.0 Å². The Kier molecular flexibility index (Phi) is 7.31.